The average Bonchev–Trinajstić information content (AvgIpc) is 3.00. The second-order valence-corrected chi connectivity index (χ2v) is 5.41. The summed E-state index contributed by atoms with van der Waals surface area (Å²) in [5.41, 5.74) is 3.37. The smallest absolute Gasteiger partial charge is 0.228 e. The van der Waals surface area contributed by atoms with Crippen LogP contribution in [0.5, 0.6) is 0 Å². The Hall–Kier alpha value is -2.13. The molecule has 1 heterocycles. The van der Waals surface area contributed by atoms with Crippen molar-refractivity contribution in [1.29, 1.82) is 0 Å². The first kappa shape index (κ1) is 13.8. The van der Waals surface area contributed by atoms with E-state index in [1.165, 1.54) is 0 Å². The van der Waals surface area contributed by atoms with Gasteiger partial charge in [-0.2, -0.15) is 0 Å². The molecular formula is C18H19NO2. The van der Waals surface area contributed by atoms with Gasteiger partial charge in [-0.3, -0.25) is 4.79 Å². The van der Waals surface area contributed by atoms with E-state index in [1.54, 1.807) is 4.90 Å². The van der Waals surface area contributed by atoms with Gasteiger partial charge in [-0.05, 0) is 23.6 Å². The van der Waals surface area contributed by atoms with Gasteiger partial charge in [-0.15, -0.1) is 0 Å². The maximum Gasteiger partial charge on any atom is 0.228 e. The lowest BCUT2D eigenvalue weighted by atomic mass is 10.1. The fraction of sp³-hybridized carbons (Fsp3) is 0.278. The van der Waals surface area contributed by atoms with Crippen LogP contribution in [0.3, 0.4) is 0 Å². The Balaban J connectivity index is 1.64. The Bertz CT molecular complexity index is 624. The minimum absolute atomic E-state index is 0.00739. The summed E-state index contributed by atoms with van der Waals surface area (Å²) in [6.07, 6.45) is 0.435. The van der Waals surface area contributed by atoms with Gasteiger partial charge in [-0.1, -0.05) is 54.6 Å². The Labute approximate surface area is 125 Å². The Kier molecular flexibility index (Phi) is 4.02. The van der Waals surface area contributed by atoms with Gasteiger partial charge in [-0.25, -0.2) is 0 Å². The van der Waals surface area contributed by atoms with E-state index in [4.69, 9.17) is 4.74 Å². The number of carbonyl (C=O) groups excluding carboxylic acids is 1. The van der Waals surface area contributed by atoms with Crippen LogP contribution in [0.4, 0.5) is 0 Å². The number of hydrogen-bond donors (Lipinski definition) is 0. The molecule has 1 amide bonds. The van der Waals surface area contributed by atoms with Crippen molar-refractivity contribution in [2.75, 3.05) is 13.3 Å². The van der Waals surface area contributed by atoms with Crippen molar-refractivity contribution in [3.63, 3.8) is 0 Å². The third-order valence-corrected chi connectivity index (χ3v) is 3.94. The number of benzene rings is 2. The van der Waals surface area contributed by atoms with Crippen LogP contribution in [-0.4, -0.2) is 24.1 Å². The van der Waals surface area contributed by atoms with Crippen molar-refractivity contribution in [1.82, 2.24) is 4.90 Å². The van der Waals surface area contributed by atoms with Crippen molar-refractivity contribution >= 4 is 5.91 Å². The van der Waals surface area contributed by atoms with Crippen LogP contribution in [0.15, 0.2) is 54.6 Å². The normalized spacial score (nSPS) is 18.0. The maximum absolute atomic E-state index is 12.4. The summed E-state index contributed by atoms with van der Waals surface area (Å²) in [7, 11) is 0. The van der Waals surface area contributed by atoms with Crippen LogP contribution in [0, 0.1) is 6.92 Å². The zero-order valence-corrected chi connectivity index (χ0v) is 12.2. The van der Waals surface area contributed by atoms with Crippen molar-refractivity contribution in [3.05, 3.63) is 71.3 Å². The van der Waals surface area contributed by atoms with Gasteiger partial charge in [0.15, 0.2) is 0 Å². The second-order valence-electron chi connectivity index (χ2n) is 5.41. The molecule has 1 aliphatic rings. The van der Waals surface area contributed by atoms with Gasteiger partial charge in [0.25, 0.3) is 0 Å². The standard InChI is InChI=1S/C18H19NO2/c1-14-7-5-6-10-16(14)11-18(20)19-12-17(21-13-19)15-8-3-2-4-9-15/h2-10,17H,11-13H2,1H3. The van der Waals surface area contributed by atoms with Gasteiger partial charge >= 0.3 is 0 Å². The van der Waals surface area contributed by atoms with E-state index < -0.39 is 0 Å². The lowest BCUT2D eigenvalue weighted by Gasteiger charge is -2.15. The molecule has 1 fully saturated rings. The van der Waals surface area contributed by atoms with Gasteiger partial charge < -0.3 is 9.64 Å². The SMILES string of the molecule is Cc1ccccc1CC(=O)N1COC(c2ccccc2)C1. The molecule has 0 aliphatic carbocycles. The quantitative estimate of drug-likeness (QED) is 0.865. The number of carbonyl (C=O) groups is 1. The molecule has 0 saturated carbocycles. The summed E-state index contributed by atoms with van der Waals surface area (Å²) in [5.74, 6) is 0.128. The maximum atomic E-state index is 12.4. The first-order valence-electron chi connectivity index (χ1n) is 7.23. The van der Waals surface area contributed by atoms with Gasteiger partial charge in [0.1, 0.15) is 12.8 Å². The van der Waals surface area contributed by atoms with Crippen LogP contribution in [0.25, 0.3) is 0 Å². The molecule has 2 aromatic rings. The molecule has 1 atom stereocenters. The van der Waals surface area contributed by atoms with E-state index >= 15 is 0 Å². The number of aryl methyl sites for hydroxylation is 1. The molecule has 3 nitrogen and oxygen atoms in total. The highest BCUT2D eigenvalue weighted by atomic mass is 16.5. The summed E-state index contributed by atoms with van der Waals surface area (Å²) in [4.78, 5) is 14.2. The molecule has 1 unspecified atom stereocenters. The highest BCUT2D eigenvalue weighted by Crippen LogP contribution is 2.24. The van der Waals surface area contributed by atoms with Gasteiger partial charge in [0.2, 0.25) is 5.91 Å². The van der Waals surface area contributed by atoms with Gasteiger partial charge in [0.05, 0.1) is 13.0 Å². The lowest BCUT2D eigenvalue weighted by Crippen LogP contribution is -2.30. The van der Waals surface area contributed by atoms with E-state index in [0.29, 0.717) is 19.7 Å². The predicted octanol–water partition coefficient (Wildman–Crippen LogP) is 3.10. The third-order valence-electron chi connectivity index (χ3n) is 3.94. The predicted molar refractivity (Wildman–Crippen MR) is 81.7 cm³/mol. The molecular weight excluding hydrogens is 262 g/mol. The highest BCUT2D eigenvalue weighted by molar-refractivity contribution is 5.79. The highest BCUT2D eigenvalue weighted by Gasteiger charge is 2.27. The molecule has 0 spiro atoms. The van der Waals surface area contributed by atoms with E-state index in [9.17, 15) is 4.79 Å². The molecule has 108 valence electrons. The van der Waals surface area contributed by atoms with E-state index in [2.05, 4.69) is 0 Å². The first-order chi connectivity index (χ1) is 10.2. The summed E-state index contributed by atoms with van der Waals surface area (Å²) >= 11 is 0. The van der Waals surface area contributed by atoms with Crippen molar-refractivity contribution in [2.24, 2.45) is 0 Å². The molecule has 0 aromatic heterocycles. The summed E-state index contributed by atoms with van der Waals surface area (Å²) < 4.78 is 5.75. The van der Waals surface area contributed by atoms with E-state index in [1.807, 2.05) is 61.5 Å². The van der Waals surface area contributed by atoms with Crippen molar-refractivity contribution in [3.8, 4) is 0 Å². The fourth-order valence-electron chi connectivity index (χ4n) is 2.61. The second kappa shape index (κ2) is 6.10. The number of rotatable bonds is 3. The molecule has 3 heteroatoms. The fourth-order valence-corrected chi connectivity index (χ4v) is 2.61. The molecule has 0 bridgehead atoms. The van der Waals surface area contributed by atoms with Crippen LogP contribution in [0.1, 0.15) is 22.8 Å². The van der Waals surface area contributed by atoms with E-state index in [0.717, 1.165) is 16.7 Å². The number of amides is 1. The largest absolute Gasteiger partial charge is 0.351 e. The van der Waals surface area contributed by atoms with Crippen molar-refractivity contribution < 1.29 is 9.53 Å². The van der Waals surface area contributed by atoms with Crippen molar-refractivity contribution in [2.45, 2.75) is 19.4 Å². The minimum Gasteiger partial charge on any atom is -0.351 e. The molecule has 1 saturated heterocycles. The molecule has 1 aliphatic heterocycles. The summed E-state index contributed by atoms with van der Waals surface area (Å²) in [6, 6.07) is 18.1. The van der Waals surface area contributed by atoms with Gasteiger partial charge in [0, 0.05) is 0 Å². The van der Waals surface area contributed by atoms with Crippen LogP contribution in [0.2, 0.25) is 0 Å². The molecule has 2 aromatic carbocycles. The average molecular weight is 281 g/mol. The topological polar surface area (TPSA) is 29.5 Å². The molecule has 3 rings (SSSR count). The molecule has 21 heavy (non-hydrogen) atoms. The summed E-state index contributed by atoms with van der Waals surface area (Å²) in [5, 5.41) is 0. The first-order valence-corrected chi connectivity index (χ1v) is 7.23. The molecule has 0 N–H and O–H groups in total. The third kappa shape index (κ3) is 3.14. The zero-order chi connectivity index (χ0) is 14.7. The number of ether oxygens (including phenoxy) is 1. The van der Waals surface area contributed by atoms with Crippen LogP contribution >= 0.6 is 0 Å². The monoisotopic (exact) mass is 281 g/mol. The van der Waals surface area contributed by atoms with E-state index in [-0.39, 0.29) is 12.0 Å². The Morgan fingerprint density at radius 3 is 2.62 bits per heavy atom. The Morgan fingerprint density at radius 2 is 1.86 bits per heavy atom. The lowest BCUT2D eigenvalue weighted by molar-refractivity contribution is -0.130. The van der Waals surface area contributed by atoms with Crippen LogP contribution < -0.4 is 0 Å². The molecule has 0 radical (unpaired) electrons. The zero-order valence-electron chi connectivity index (χ0n) is 12.2. The number of nitrogens with zero attached hydrogens (tertiary/aromatic N) is 1. The number of hydrogen-bond acceptors (Lipinski definition) is 2. The Morgan fingerprint density at radius 1 is 1.14 bits per heavy atom. The summed E-state index contributed by atoms with van der Waals surface area (Å²) in [6.45, 7) is 3.05. The minimum atomic E-state index is -0.00739. The van der Waals surface area contributed by atoms with Crippen LogP contribution in [-0.2, 0) is 16.0 Å².